The lowest BCUT2D eigenvalue weighted by Gasteiger charge is -2.17. The molecule has 4 heteroatoms. The lowest BCUT2D eigenvalue weighted by molar-refractivity contribution is 0.637. The van der Waals surface area contributed by atoms with E-state index in [1.54, 1.807) is 11.3 Å². The molecule has 0 amide bonds. The lowest BCUT2D eigenvalue weighted by atomic mass is 10.2. The number of anilines is 1. The van der Waals surface area contributed by atoms with Gasteiger partial charge < -0.3 is 10.6 Å². The number of hydrogen-bond donors (Lipinski definition) is 1. The first-order valence-corrected chi connectivity index (χ1v) is 5.31. The van der Waals surface area contributed by atoms with Crippen molar-refractivity contribution in [2.24, 2.45) is 11.7 Å². The van der Waals surface area contributed by atoms with Crippen LogP contribution in [-0.2, 0) is 6.54 Å². The standard InChI is InChI=1S/C9H17N3S/c1-7(2)6-12(3)9-11-5-8(4-10)13-9/h5,7H,4,6,10H2,1-3H3. The van der Waals surface area contributed by atoms with E-state index in [0.29, 0.717) is 12.5 Å². The largest absolute Gasteiger partial charge is 0.351 e. The molecule has 0 saturated carbocycles. The van der Waals surface area contributed by atoms with Crippen molar-refractivity contribution in [1.29, 1.82) is 0 Å². The monoisotopic (exact) mass is 199 g/mol. The van der Waals surface area contributed by atoms with Gasteiger partial charge in [0.05, 0.1) is 0 Å². The molecule has 0 fully saturated rings. The Morgan fingerprint density at radius 1 is 1.62 bits per heavy atom. The van der Waals surface area contributed by atoms with Gasteiger partial charge in [0.15, 0.2) is 5.13 Å². The molecule has 0 aliphatic heterocycles. The highest BCUT2D eigenvalue weighted by molar-refractivity contribution is 7.15. The van der Waals surface area contributed by atoms with Crippen molar-refractivity contribution in [2.45, 2.75) is 20.4 Å². The maximum Gasteiger partial charge on any atom is 0.185 e. The molecule has 0 atom stereocenters. The molecule has 1 rings (SSSR count). The lowest BCUT2D eigenvalue weighted by Crippen LogP contribution is -2.22. The van der Waals surface area contributed by atoms with Gasteiger partial charge in [-0.25, -0.2) is 4.98 Å². The number of nitrogens with two attached hydrogens (primary N) is 1. The first kappa shape index (κ1) is 10.5. The summed E-state index contributed by atoms with van der Waals surface area (Å²) in [7, 11) is 2.07. The topological polar surface area (TPSA) is 42.2 Å². The van der Waals surface area contributed by atoms with Crippen molar-refractivity contribution in [2.75, 3.05) is 18.5 Å². The first-order chi connectivity index (χ1) is 6.13. The maximum absolute atomic E-state index is 5.52. The zero-order valence-corrected chi connectivity index (χ0v) is 9.27. The van der Waals surface area contributed by atoms with Crippen molar-refractivity contribution >= 4 is 16.5 Å². The highest BCUT2D eigenvalue weighted by Crippen LogP contribution is 2.21. The van der Waals surface area contributed by atoms with Crippen LogP contribution in [0, 0.1) is 5.92 Å². The Labute approximate surface area is 83.6 Å². The third-order valence-corrected chi connectivity index (χ3v) is 2.84. The predicted octanol–water partition coefficient (Wildman–Crippen LogP) is 1.69. The summed E-state index contributed by atoms with van der Waals surface area (Å²) in [5, 5.41) is 1.06. The fourth-order valence-electron chi connectivity index (χ4n) is 1.19. The Morgan fingerprint density at radius 2 is 2.31 bits per heavy atom. The summed E-state index contributed by atoms with van der Waals surface area (Å²) in [6, 6.07) is 0. The molecule has 1 aromatic heterocycles. The van der Waals surface area contributed by atoms with Gasteiger partial charge in [0.25, 0.3) is 0 Å². The molecule has 0 saturated heterocycles. The molecule has 3 nitrogen and oxygen atoms in total. The molecule has 2 N–H and O–H groups in total. The van der Waals surface area contributed by atoms with E-state index < -0.39 is 0 Å². The summed E-state index contributed by atoms with van der Waals surface area (Å²) >= 11 is 1.67. The summed E-state index contributed by atoms with van der Waals surface area (Å²) in [4.78, 5) is 7.62. The summed E-state index contributed by atoms with van der Waals surface area (Å²) in [6.45, 7) is 6.03. The number of nitrogens with zero attached hydrogens (tertiary/aromatic N) is 2. The maximum atomic E-state index is 5.52. The van der Waals surface area contributed by atoms with Gasteiger partial charge >= 0.3 is 0 Å². The van der Waals surface area contributed by atoms with Crippen LogP contribution in [0.1, 0.15) is 18.7 Å². The first-order valence-electron chi connectivity index (χ1n) is 4.49. The van der Waals surface area contributed by atoms with Gasteiger partial charge in [0.2, 0.25) is 0 Å². The Bertz CT molecular complexity index is 257. The van der Waals surface area contributed by atoms with Crippen LogP contribution < -0.4 is 10.6 Å². The van der Waals surface area contributed by atoms with Crippen LogP contribution in [0.4, 0.5) is 5.13 Å². The minimum Gasteiger partial charge on any atom is -0.351 e. The molecule has 1 heterocycles. The second kappa shape index (κ2) is 4.58. The Balaban J connectivity index is 2.60. The highest BCUT2D eigenvalue weighted by Gasteiger charge is 2.07. The second-order valence-electron chi connectivity index (χ2n) is 3.59. The number of aromatic nitrogens is 1. The summed E-state index contributed by atoms with van der Waals surface area (Å²) in [5.41, 5.74) is 5.52. The van der Waals surface area contributed by atoms with Gasteiger partial charge in [0, 0.05) is 31.2 Å². The molecular formula is C9H17N3S. The van der Waals surface area contributed by atoms with Crippen molar-refractivity contribution in [3.8, 4) is 0 Å². The third-order valence-electron chi connectivity index (χ3n) is 1.71. The fourth-order valence-corrected chi connectivity index (χ4v) is 1.95. The van der Waals surface area contributed by atoms with Crippen LogP contribution in [0.5, 0.6) is 0 Å². The number of rotatable bonds is 4. The van der Waals surface area contributed by atoms with E-state index in [1.165, 1.54) is 0 Å². The van der Waals surface area contributed by atoms with Gasteiger partial charge in [0.1, 0.15) is 0 Å². The van der Waals surface area contributed by atoms with E-state index in [2.05, 4.69) is 30.8 Å². The SMILES string of the molecule is CC(C)CN(C)c1ncc(CN)s1. The molecular weight excluding hydrogens is 182 g/mol. The Hall–Kier alpha value is -0.610. The molecule has 0 unspecified atom stereocenters. The van der Waals surface area contributed by atoms with Crippen LogP contribution in [0.2, 0.25) is 0 Å². The van der Waals surface area contributed by atoms with E-state index in [0.717, 1.165) is 16.6 Å². The van der Waals surface area contributed by atoms with E-state index in [9.17, 15) is 0 Å². The van der Waals surface area contributed by atoms with E-state index in [-0.39, 0.29) is 0 Å². The van der Waals surface area contributed by atoms with Crippen LogP contribution >= 0.6 is 11.3 Å². The van der Waals surface area contributed by atoms with E-state index in [1.807, 2.05) is 6.20 Å². The molecule has 13 heavy (non-hydrogen) atoms. The van der Waals surface area contributed by atoms with Crippen molar-refractivity contribution in [1.82, 2.24) is 4.98 Å². The fraction of sp³-hybridized carbons (Fsp3) is 0.667. The zero-order chi connectivity index (χ0) is 9.84. The average Bonchev–Trinajstić information content (AvgIpc) is 2.50. The minimum absolute atomic E-state index is 0.590. The Kier molecular flexibility index (Phi) is 3.69. The van der Waals surface area contributed by atoms with Gasteiger partial charge in [-0.2, -0.15) is 0 Å². The minimum atomic E-state index is 0.590. The van der Waals surface area contributed by atoms with Crippen LogP contribution in [0.3, 0.4) is 0 Å². The number of hydrogen-bond acceptors (Lipinski definition) is 4. The third kappa shape index (κ3) is 2.97. The molecule has 0 aromatic carbocycles. The summed E-state index contributed by atoms with van der Waals surface area (Å²) in [5.74, 6) is 0.662. The van der Waals surface area contributed by atoms with Crippen LogP contribution in [0.25, 0.3) is 0 Å². The number of thiazole rings is 1. The molecule has 74 valence electrons. The zero-order valence-electron chi connectivity index (χ0n) is 8.45. The molecule has 0 aliphatic carbocycles. The predicted molar refractivity (Wildman–Crippen MR) is 58.1 cm³/mol. The molecule has 0 aliphatic rings. The quantitative estimate of drug-likeness (QED) is 0.802. The second-order valence-corrected chi connectivity index (χ2v) is 4.68. The normalized spacial score (nSPS) is 10.8. The van der Waals surface area contributed by atoms with Gasteiger partial charge in [-0.1, -0.05) is 13.8 Å². The van der Waals surface area contributed by atoms with Crippen molar-refractivity contribution < 1.29 is 0 Å². The summed E-state index contributed by atoms with van der Waals surface area (Å²) in [6.07, 6.45) is 1.86. The van der Waals surface area contributed by atoms with Gasteiger partial charge in [-0.3, -0.25) is 0 Å². The molecule has 1 aromatic rings. The van der Waals surface area contributed by atoms with Crippen LogP contribution in [0.15, 0.2) is 6.20 Å². The Morgan fingerprint density at radius 3 is 2.77 bits per heavy atom. The van der Waals surface area contributed by atoms with Crippen LogP contribution in [-0.4, -0.2) is 18.6 Å². The summed E-state index contributed by atoms with van der Waals surface area (Å²) < 4.78 is 0. The highest BCUT2D eigenvalue weighted by atomic mass is 32.1. The van der Waals surface area contributed by atoms with Crippen molar-refractivity contribution in [3.05, 3.63) is 11.1 Å². The van der Waals surface area contributed by atoms with E-state index >= 15 is 0 Å². The van der Waals surface area contributed by atoms with Crippen molar-refractivity contribution in [3.63, 3.8) is 0 Å². The van der Waals surface area contributed by atoms with Gasteiger partial charge in [-0.15, -0.1) is 11.3 Å². The molecule has 0 bridgehead atoms. The average molecular weight is 199 g/mol. The van der Waals surface area contributed by atoms with E-state index in [4.69, 9.17) is 5.73 Å². The van der Waals surface area contributed by atoms with Gasteiger partial charge in [-0.05, 0) is 5.92 Å². The molecule has 0 spiro atoms. The molecule has 0 radical (unpaired) electrons. The smallest absolute Gasteiger partial charge is 0.185 e.